The average molecular weight is 252 g/mol. The Kier molecular flexibility index (Phi) is 2.92. The Morgan fingerprint density at radius 1 is 1.06 bits per heavy atom. The van der Waals surface area contributed by atoms with E-state index in [0.717, 1.165) is 18.9 Å². The SMILES string of the molecule is O=C(O)C1CCN(C(=O)N2CC3CCC2C3)CC1. The van der Waals surface area contributed by atoms with Crippen LogP contribution in [0.15, 0.2) is 0 Å². The van der Waals surface area contributed by atoms with Crippen LogP contribution in [0.25, 0.3) is 0 Å². The summed E-state index contributed by atoms with van der Waals surface area (Å²) in [5.41, 5.74) is 0. The van der Waals surface area contributed by atoms with Gasteiger partial charge in [0.15, 0.2) is 0 Å². The van der Waals surface area contributed by atoms with Gasteiger partial charge in [0.25, 0.3) is 0 Å². The molecule has 18 heavy (non-hydrogen) atoms. The van der Waals surface area contributed by atoms with Crippen molar-refractivity contribution in [3.63, 3.8) is 0 Å². The predicted octanol–water partition coefficient (Wildman–Crippen LogP) is 1.39. The summed E-state index contributed by atoms with van der Waals surface area (Å²) in [4.78, 5) is 27.1. The highest BCUT2D eigenvalue weighted by Gasteiger charge is 2.42. The van der Waals surface area contributed by atoms with Crippen molar-refractivity contribution in [3.8, 4) is 0 Å². The third kappa shape index (κ3) is 1.95. The van der Waals surface area contributed by atoms with Crippen LogP contribution in [0, 0.1) is 11.8 Å². The van der Waals surface area contributed by atoms with Gasteiger partial charge >= 0.3 is 12.0 Å². The molecule has 0 aromatic carbocycles. The lowest BCUT2D eigenvalue weighted by Gasteiger charge is -2.36. The second-order valence-corrected chi connectivity index (χ2v) is 5.87. The summed E-state index contributed by atoms with van der Waals surface area (Å²) in [5.74, 6) is -0.262. The van der Waals surface area contributed by atoms with Gasteiger partial charge in [-0.2, -0.15) is 0 Å². The predicted molar refractivity (Wildman–Crippen MR) is 65.2 cm³/mol. The molecule has 0 aromatic heterocycles. The molecule has 100 valence electrons. The largest absolute Gasteiger partial charge is 0.481 e. The molecule has 2 aliphatic heterocycles. The molecular weight excluding hydrogens is 232 g/mol. The standard InChI is InChI=1S/C13H20N2O3/c16-12(17)10-3-5-14(6-4-10)13(18)15-8-9-1-2-11(15)7-9/h9-11H,1-8H2,(H,16,17). The van der Waals surface area contributed by atoms with E-state index in [0.29, 0.717) is 32.0 Å². The molecule has 2 unspecified atom stereocenters. The minimum absolute atomic E-state index is 0.144. The average Bonchev–Trinajstić information content (AvgIpc) is 3.00. The minimum atomic E-state index is -0.720. The number of hydrogen-bond donors (Lipinski definition) is 1. The lowest BCUT2D eigenvalue weighted by Crippen LogP contribution is -2.49. The third-order valence-corrected chi connectivity index (χ3v) is 4.77. The maximum absolute atomic E-state index is 12.4. The highest BCUT2D eigenvalue weighted by Crippen LogP contribution is 2.38. The smallest absolute Gasteiger partial charge is 0.320 e. The topological polar surface area (TPSA) is 60.9 Å². The fraction of sp³-hybridized carbons (Fsp3) is 0.846. The van der Waals surface area contributed by atoms with E-state index in [9.17, 15) is 9.59 Å². The van der Waals surface area contributed by atoms with E-state index in [2.05, 4.69) is 0 Å². The zero-order valence-electron chi connectivity index (χ0n) is 10.5. The summed E-state index contributed by atoms with van der Waals surface area (Å²) in [6, 6.07) is 0.603. The number of carboxylic acid groups (broad SMARTS) is 1. The van der Waals surface area contributed by atoms with Crippen molar-refractivity contribution in [2.75, 3.05) is 19.6 Å². The Hall–Kier alpha value is -1.26. The van der Waals surface area contributed by atoms with Crippen molar-refractivity contribution in [2.24, 2.45) is 11.8 Å². The normalized spacial score (nSPS) is 32.0. The number of likely N-dealkylation sites (tertiary alicyclic amines) is 2. The number of carbonyl (C=O) groups is 2. The molecule has 2 heterocycles. The molecule has 3 rings (SSSR count). The van der Waals surface area contributed by atoms with Gasteiger partial charge in [-0.1, -0.05) is 0 Å². The molecule has 1 aliphatic carbocycles. The zero-order valence-corrected chi connectivity index (χ0v) is 10.5. The molecule has 0 spiro atoms. The van der Waals surface area contributed by atoms with Gasteiger partial charge in [0.1, 0.15) is 0 Å². The van der Waals surface area contributed by atoms with Crippen molar-refractivity contribution >= 4 is 12.0 Å². The minimum Gasteiger partial charge on any atom is -0.481 e. The molecule has 3 fully saturated rings. The van der Waals surface area contributed by atoms with Crippen molar-refractivity contribution in [1.29, 1.82) is 0 Å². The van der Waals surface area contributed by atoms with Gasteiger partial charge in [-0.15, -0.1) is 0 Å². The summed E-state index contributed by atoms with van der Waals surface area (Å²) >= 11 is 0. The summed E-state index contributed by atoms with van der Waals surface area (Å²) < 4.78 is 0. The number of hydrogen-bond acceptors (Lipinski definition) is 2. The van der Waals surface area contributed by atoms with E-state index in [1.807, 2.05) is 9.80 Å². The number of urea groups is 1. The van der Waals surface area contributed by atoms with Crippen LogP contribution in [-0.4, -0.2) is 52.6 Å². The molecule has 2 atom stereocenters. The lowest BCUT2D eigenvalue weighted by molar-refractivity contribution is -0.143. The highest BCUT2D eigenvalue weighted by atomic mass is 16.4. The van der Waals surface area contributed by atoms with E-state index in [1.165, 1.54) is 12.8 Å². The third-order valence-electron chi connectivity index (χ3n) is 4.77. The molecule has 1 N–H and O–H groups in total. The molecule has 0 aromatic rings. The number of amides is 2. The van der Waals surface area contributed by atoms with Crippen molar-refractivity contribution < 1.29 is 14.7 Å². The van der Waals surface area contributed by atoms with Crippen LogP contribution in [0.3, 0.4) is 0 Å². The fourth-order valence-corrected chi connectivity index (χ4v) is 3.66. The van der Waals surface area contributed by atoms with Crippen molar-refractivity contribution in [2.45, 2.75) is 38.1 Å². The van der Waals surface area contributed by atoms with Gasteiger partial charge in [0.2, 0.25) is 0 Å². The van der Waals surface area contributed by atoms with Crippen LogP contribution in [0.4, 0.5) is 4.79 Å². The van der Waals surface area contributed by atoms with Crippen LogP contribution in [-0.2, 0) is 4.79 Å². The first-order chi connectivity index (χ1) is 8.65. The van der Waals surface area contributed by atoms with Crippen LogP contribution < -0.4 is 0 Å². The number of rotatable bonds is 1. The van der Waals surface area contributed by atoms with Crippen LogP contribution >= 0.6 is 0 Å². The number of piperidine rings is 2. The Balaban J connectivity index is 1.56. The lowest BCUT2D eigenvalue weighted by atomic mass is 9.97. The second kappa shape index (κ2) is 4.44. The van der Waals surface area contributed by atoms with Crippen LogP contribution in [0.1, 0.15) is 32.1 Å². The Labute approximate surface area is 107 Å². The van der Waals surface area contributed by atoms with Gasteiger partial charge in [0, 0.05) is 25.7 Å². The molecule has 5 heteroatoms. The van der Waals surface area contributed by atoms with Crippen LogP contribution in [0.2, 0.25) is 0 Å². The first-order valence-electron chi connectivity index (χ1n) is 6.93. The number of fused-ring (bicyclic) bond motifs is 2. The molecule has 3 aliphatic rings. The molecule has 1 saturated carbocycles. The Morgan fingerprint density at radius 3 is 2.28 bits per heavy atom. The summed E-state index contributed by atoms with van der Waals surface area (Å²) in [7, 11) is 0. The number of carboxylic acids is 1. The van der Waals surface area contributed by atoms with E-state index in [1.54, 1.807) is 0 Å². The van der Waals surface area contributed by atoms with Gasteiger partial charge in [-0.25, -0.2) is 4.79 Å². The fourth-order valence-electron chi connectivity index (χ4n) is 3.66. The summed E-state index contributed by atoms with van der Waals surface area (Å²) in [5, 5.41) is 8.95. The molecule has 5 nitrogen and oxygen atoms in total. The Morgan fingerprint density at radius 2 is 1.78 bits per heavy atom. The van der Waals surface area contributed by atoms with E-state index < -0.39 is 5.97 Å². The first kappa shape index (κ1) is 11.8. The van der Waals surface area contributed by atoms with Gasteiger partial charge in [0.05, 0.1) is 5.92 Å². The number of aliphatic carboxylic acids is 1. The maximum Gasteiger partial charge on any atom is 0.320 e. The number of nitrogens with zero attached hydrogens (tertiary/aromatic N) is 2. The first-order valence-corrected chi connectivity index (χ1v) is 6.93. The Bertz CT molecular complexity index is 363. The molecular formula is C13H20N2O3. The molecule has 2 saturated heterocycles. The quantitative estimate of drug-likeness (QED) is 0.767. The maximum atomic E-state index is 12.4. The highest BCUT2D eigenvalue weighted by molar-refractivity contribution is 5.76. The molecule has 2 amide bonds. The van der Waals surface area contributed by atoms with Gasteiger partial charge in [-0.3, -0.25) is 4.79 Å². The molecule has 0 radical (unpaired) electrons. The molecule has 2 bridgehead atoms. The zero-order chi connectivity index (χ0) is 12.7. The second-order valence-electron chi connectivity index (χ2n) is 5.87. The van der Waals surface area contributed by atoms with Gasteiger partial charge < -0.3 is 14.9 Å². The van der Waals surface area contributed by atoms with E-state index in [-0.39, 0.29) is 11.9 Å². The van der Waals surface area contributed by atoms with E-state index in [4.69, 9.17) is 5.11 Å². The van der Waals surface area contributed by atoms with E-state index >= 15 is 0 Å². The van der Waals surface area contributed by atoms with Crippen LogP contribution in [0.5, 0.6) is 0 Å². The summed E-state index contributed by atoms with van der Waals surface area (Å²) in [6.07, 6.45) is 4.81. The van der Waals surface area contributed by atoms with Crippen molar-refractivity contribution in [3.05, 3.63) is 0 Å². The van der Waals surface area contributed by atoms with Crippen molar-refractivity contribution in [1.82, 2.24) is 9.80 Å². The van der Waals surface area contributed by atoms with Gasteiger partial charge in [-0.05, 0) is 38.0 Å². The monoisotopic (exact) mass is 252 g/mol. The summed E-state index contributed by atoms with van der Waals surface area (Å²) in [6.45, 7) is 2.12. The number of carbonyl (C=O) groups excluding carboxylic acids is 1.